The van der Waals surface area contributed by atoms with Gasteiger partial charge in [0, 0.05) is 7.05 Å². The summed E-state index contributed by atoms with van der Waals surface area (Å²) in [6, 6.07) is 0. The van der Waals surface area contributed by atoms with Crippen molar-refractivity contribution >= 4 is 12.6 Å². The monoisotopic (exact) mass is 144 g/mol. The Morgan fingerprint density at radius 1 is 1.67 bits per heavy atom. The zero-order chi connectivity index (χ0) is 6.85. The van der Waals surface area contributed by atoms with E-state index in [1.807, 2.05) is 6.92 Å². The summed E-state index contributed by atoms with van der Waals surface area (Å²) in [6.45, 7) is 1.93. The lowest BCUT2D eigenvalue weighted by Crippen LogP contribution is -1.99. The van der Waals surface area contributed by atoms with Crippen molar-refractivity contribution in [2.24, 2.45) is 7.05 Å². The van der Waals surface area contributed by atoms with Crippen LogP contribution in [0.2, 0.25) is 0 Å². The van der Waals surface area contributed by atoms with Gasteiger partial charge in [0.1, 0.15) is 0 Å². The fraction of sp³-hybridized carbons (Fsp3) is 0.750. The molecule has 1 aromatic heterocycles. The molecular formula is C4H8N4S. The summed E-state index contributed by atoms with van der Waals surface area (Å²) in [4.78, 5) is 0. The molecule has 0 radical (unpaired) electrons. The van der Waals surface area contributed by atoms with Crippen molar-refractivity contribution in [1.29, 1.82) is 0 Å². The second-order valence-corrected chi connectivity index (χ2v) is 2.61. The number of aromatic nitrogens is 4. The summed E-state index contributed by atoms with van der Waals surface area (Å²) in [5, 5.41) is 10.9. The number of thiol groups is 1. The van der Waals surface area contributed by atoms with Crippen LogP contribution in [0.25, 0.3) is 0 Å². The van der Waals surface area contributed by atoms with Gasteiger partial charge in [-0.05, 0) is 17.4 Å². The van der Waals surface area contributed by atoms with Gasteiger partial charge in [-0.1, -0.05) is 0 Å². The van der Waals surface area contributed by atoms with Gasteiger partial charge in [0.05, 0.1) is 5.25 Å². The highest BCUT2D eigenvalue weighted by Crippen LogP contribution is 2.12. The second-order valence-electron chi connectivity index (χ2n) is 1.84. The summed E-state index contributed by atoms with van der Waals surface area (Å²) < 4.78 is 1.61. The van der Waals surface area contributed by atoms with E-state index in [4.69, 9.17) is 0 Å². The Morgan fingerprint density at radius 3 is 2.56 bits per heavy atom. The molecular weight excluding hydrogens is 136 g/mol. The van der Waals surface area contributed by atoms with Gasteiger partial charge in [-0.2, -0.15) is 12.6 Å². The van der Waals surface area contributed by atoms with Crippen molar-refractivity contribution in [3.8, 4) is 0 Å². The molecule has 0 aliphatic carbocycles. The fourth-order valence-electron chi connectivity index (χ4n) is 0.590. The summed E-state index contributed by atoms with van der Waals surface area (Å²) in [5.74, 6) is 0.790. The Bertz CT molecular complexity index is 194. The third-order valence-corrected chi connectivity index (χ3v) is 1.26. The van der Waals surface area contributed by atoms with E-state index in [0.717, 1.165) is 5.82 Å². The lowest BCUT2D eigenvalue weighted by atomic mass is 10.4. The Morgan fingerprint density at radius 2 is 2.33 bits per heavy atom. The van der Waals surface area contributed by atoms with Crippen LogP contribution in [0.1, 0.15) is 18.0 Å². The maximum absolute atomic E-state index is 4.16. The van der Waals surface area contributed by atoms with Gasteiger partial charge >= 0.3 is 0 Å². The van der Waals surface area contributed by atoms with Gasteiger partial charge in [-0.3, -0.25) is 0 Å². The van der Waals surface area contributed by atoms with Crippen LogP contribution in [0.15, 0.2) is 0 Å². The van der Waals surface area contributed by atoms with Gasteiger partial charge in [0.15, 0.2) is 5.82 Å². The topological polar surface area (TPSA) is 43.6 Å². The molecule has 1 atom stereocenters. The van der Waals surface area contributed by atoms with Crippen molar-refractivity contribution < 1.29 is 0 Å². The molecule has 0 saturated heterocycles. The number of tetrazole rings is 1. The van der Waals surface area contributed by atoms with Crippen LogP contribution in [0.4, 0.5) is 0 Å². The zero-order valence-electron chi connectivity index (χ0n) is 5.31. The normalized spacial score (nSPS) is 13.7. The first-order chi connectivity index (χ1) is 4.22. The molecule has 0 aliphatic heterocycles. The smallest absolute Gasteiger partial charge is 0.163 e. The van der Waals surface area contributed by atoms with Crippen molar-refractivity contribution in [3.05, 3.63) is 5.82 Å². The molecule has 0 amide bonds. The first-order valence-electron chi connectivity index (χ1n) is 2.62. The number of nitrogens with zero attached hydrogens (tertiary/aromatic N) is 4. The molecule has 9 heavy (non-hydrogen) atoms. The van der Waals surface area contributed by atoms with Gasteiger partial charge in [0.2, 0.25) is 0 Å². The number of rotatable bonds is 1. The highest BCUT2D eigenvalue weighted by atomic mass is 32.1. The minimum Gasteiger partial charge on any atom is -0.232 e. The van der Waals surface area contributed by atoms with Crippen LogP contribution in [0, 0.1) is 0 Å². The molecule has 1 rings (SSSR count). The van der Waals surface area contributed by atoms with E-state index >= 15 is 0 Å². The summed E-state index contributed by atoms with van der Waals surface area (Å²) in [6.07, 6.45) is 0. The summed E-state index contributed by atoms with van der Waals surface area (Å²) >= 11 is 4.16. The van der Waals surface area contributed by atoms with Crippen LogP contribution in [0.5, 0.6) is 0 Å². The molecule has 0 fully saturated rings. The van der Waals surface area contributed by atoms with Crippen LogP contribution in [0.3, 0.4) is 0 Å². The standard InChI is InChI=1S/C4H8N4S/c1-3(9)4-5-6-7-8(4)2/h3,9H,1-2H3. The molecule has 0 aliphatic rings. The van der Waals surface area contributed by atoms with E-state index < -0.39 is 0 Å². The third kappa shape index (κ3) is 1.21. The minimum absolute atomic E-state index is 0.102. The van der Waals surface area contributed by atoms with Crippen molar-refractivity contribution in [2.45, 2.75) is 12.2 Å². The van der Waals surface area contributed by atoms with Gasteiger partial charge in [-0.25, -0.2) is 4.68 Å². The van der Waals surface area contributed by atoms with E-state index in [0.29, 0.717) is 0 Å². The van der Waals surface area contributed by atoms with Crippen LogP contribution >= 0.6 is 12.6 Å². The molecule has 5 heteroatoms. The van der Waals surface area contributed by atoms with Crippen molar-refractivity contribution in [2.75, 3.05) is 0 Å². The second kappa shape index (κ2) is 2.34. The maximum Gasteiger partial charge on any atom is 0.163 e. The largest absolute Gasteiger partial charge is 0.232 e. The van der Waals surface area contributed by atoms with Crippen molar-refractivity contribution in [3.63, 3.8) is 0 Å². The van der Waals surface area contributed by atoms with E-state index in [1.165, 1.54) is 0 Å². The molecule has 0 bridgehead atoms. The molecule has 0 saturated carbocycles. The first-order valence-corrected chi connectivity index (χ1v) is 3.14. The number of aryl methyl sites for hydroxylation is 1. The predicted molar refractivity (Wildman–Crippen MR) is 36.2 cm³/mol. The van der Waals surface area contributed by atoms with E-state index in [9.17, 15) is 0 Å². The van der Waals surface area contributed by atoms with Crippen molar-refractivity contribution in [1.82, 2.24) is 20.2 Å². The minimum atomic E-state index is 0.102. The number of hydrogen-bond donors (Lipinski definition) is 1. The van der Waals surface area contributed by atoms with Crippen LogP contribution in [-0.2, 0) is 7.05 Å². The average Bonchev–Trinajstić information content (AvgIpc) is 2.13. The highest BCUT2D eigenvalue weighted by molar-refractivity contribution is 7.80. The highest BCUT2D eigenvalue weighted by Gasteiger charge is 2.05. The lowest BCUT2D eigenvalue weighted by Gasteiger charge is -1.97. The molecule has 4 nitrogen and oxygen atoms in total. The van der Waals surface area contributed by atoms with Gasteiger partial charge in [-0.15, -0.1) is 5.10 Å². The number of hydrogen-bond acceptors (Lipinski definition) is 4. The fourth-order valence-corrected chi connectivity index (χ4v) is 0.809. The lowest BCUT2D eigenvalue weighted by molar-refractivity contribution is 0.679. The van der Waals surface area contributed by atoms with Crippen LogP contribution in [-0.4, -0.2) is 20.2 Å². The SMILES string of the molecule is CC(S)c1nnnn1C. The maximum atomic E-state index is 4.16. The molecule has 0 aromatic carbocycles. The van der Waals surface area contributed by atoms with E-state index in [1.54, 1.807) is 11.7 Å². The van der Waals surface area contributed by atoms with E-state index in [-0.39, 0.29) is 5.25 Å². The van der Waals surface area contributed by atoms with E-state index in [2.05, 4.69) is 28.2 Å². The quantitative estimate of drug-likeness (QED) is 0.573. The van der Waals surface area contributed by atoms with Crippen LogP contribution < -0.4 is 0 Å². The molecule has 1 heterocycles. The Kier molecular flexibility index (Phi) is 1.70. The average molecular weight is 144 g/mol. The summed E-state index contributed by atoms with van der Waals surface area (Å²) in [7, 11) is 1.79. The molecule has 50 valence electrons. The first kappa shape index (κ1) is 6.54. The predicted octanol–water partition coefficient (Wildman–Crippen LogP) is 0.201. The molecule has 1 aromatic rings. The molecule has 0 N–H and O–H groups in total. The Labute approximate surface area is 58.7 Å². The Balaban J connectivity index is 2.94. The summed E-state index contributed by atoms with van der Waals surface area (Å²) in [5.41, 5.74) is 0. The molecule has 1 unspecified atom stereocenters. The molecule has 0 spiro atoms. The third-order valence-electron chi connectivity index (χ3n) is 1.03. The van der Waals surface area contributed by atoms with Gasteiger partial charge in [0.25, 0.3) is 0 Å². The zero-order valence-corrected chi connectivity index (χ0v) is 6.21. The Hall–Kier alpha value is -0.580. The van der Waals surface area contributed by atoms with Gasteiger partial charge < -0.3 is 0 Å².